The Bertz CT molecular complexity index is 1210. The second-order valence-electron chi connectivity index (χ2n) is 9.02. The third-order valence-corrected chi connectivity index (χ3v) is 10.2. The zero-order valence-electron chi connectivity index (χ0n) is 19.2. The van der Waals surface area contributed by atoms with Gasteiger partial charge in [-0.1, -0.05) is 0 Å². The first kappa shape index (κ1) is 25.0. The predicted octanol–water partition coefficient (Wildman–Crippen LogP) is 2.17. The van der Waals surface area contributed by atoms with Crippen LogP contribution < -0.4 is 20.5 Å². The molecule has 0 bridgehead atoms. The summed E-state index contributed by atoms with van der Waals surface area (Å²) in [6, 6.07) is 5.05. The van der Waals surface area contributed by atoms with Crippen molar-refractivity contribution >= 4 is 27.7 Å². The number of nitrogens with zero attached hydrogens (tertiary/aromatic N) is 3. The van der Waals surface area contributed by atoms with Gasteiger partial charge < -0.3 is 15.8 Å². The van der Waals surface area contributed by atoms with Gasteiger partial charge in [0.2, 0.25) is 0 Å². The van der Waals surface area contributed by atoms with Crippen molar-refractivity contribution in [2.75, 3.05) is 24.2 Å². The van der Waals surface area contributed by atoms with E-state index in [4.69, 9.17) is 10.5 Å². The van der Waals surface area contributed by atoms with Crippen molar-refractivity contribution in [2.45, 2.75) is 43.4 Å². The molecule has 9 nitrogen and oxygen atoms in total. The molecule has 1 fully saturated rings. The summed E-state index contributed by atoms with van der Waals surface area (Å²) < 4.78 is 60.5. The Kier molecular flexibility index (Phi) is 6.58. The highest BCUT2D eigenvalue weighted by atomic mass is 32.3. The van der Waals surface area contributed by atoms with Crippen LogP contribution in [-0.2, 0) is 15.7 Å². The number of hydrogen-bond acceptors (Lipinski definition) is 7. The molecule has 35 heavy (non-hydrogen) atoms. The third kappa shape index (κ3) is 4.74. The highest BCUT2D eigenvalue weighted by Gasteiger charge is 2.53. The topological polar surface area (TPSA) is 132 Å². The number of aromatic nitrogens is 2. The van der Waals surface area contributed by atoms with Crippen LogP contribution in [-0.4, -0.2) is 56.0 Å². The maximum Gasteiger partial charge on any atom is 0.275 e. The minimum absolute atomic E-state index is 0.0279. The Morgan fingerprint density at radius 1 is 1.31 bits per heavy atom. The number of nitrogens with one attached hydrogen (secondary N) is 2. The Labute approximate surface area is 201 Å². The van der Waals surface area contributed by atoms with Crippen LogP contribution in [0.5, 0.6) is 5.75 Å². The van der Waals surface area contributed by atoms with Crippen molar-refractivity contribution in [3.63, 3.8) is 0 Å². The maximum atomic E-state index is 14.9. The monoisotopic (exact) mass is 512 g/mol. The van der Waals surface area contributed by atoms with Crippen LogP contribution in [0.3, 0.4) is 0 Å². The predicted molar refractivity (Wildman–Crippen MR) is 127 cm³/mol. The zero-order chi connectivity index (χ0) is 25.4. The number of halogens is 3. The summed E-state index contributed by atoms with van der Waals surface area (Å²) in [7, 11) is -3.07. The number of amidine groups is 1. The first-order valence-electron chi connectivity index (χ1n) is 11.0. The quantitative estimate of drug-likeness (QED) is 0.439. The standard InChI is InChI=1S/C22H27F3N6O3S/c1-21(12-35(33)22(2,20(26)31-21)8-3-9-28-35)18-14(23)5-7-17(29-18)30-19(32)15-6-4-13(10-27-15)34-11-16(24)25/h4-7,10,16,35H,3,8-9,11-12H2,1-2H3,(H2,26,31)(H,28,33)(H,29,30,32). The highest BCUT2D eigenvalue weighted by Crippen LogP contribution is 2.43. The summed E-state index contributed by atoms with van der Waals surface area (Å²) in [6.07, 6.45) is -0.0705. The molecule has 1 amide bonds. The molecule has 13 heteroatoms. The number of pyridine rings is 2. The average molecular weight is 513 g/mol. The molecule has 0 aliphatic carbocycles. The molecule has 190 valence electrons. The van der Waals surface area contributed by atoms with Gasteiger partial charge in [-0.15, -0.1) is 0 Å². The van der Waals surface area contributed by atoms with E-state index in [1.54, 1.807) is 6.92 Å². The van der Waals surface area contributed by atoms with Crippen molar-refractivity contribution in [2.24, 2.45) is 10.7 Å². The fourth-order valence-electron chi connectivity index (χ4n) is 4.40. The lowest BCUT2D eigenvalue weighted by Crippen LogP contribution is -2.67. The summed E-state index contributed by atoms with van der Waals surface area (Å²) in [5, 5.41) is 2.53. The van der Waals surface area contributed by atoms with E-state index < -0.39 is 45.2 Å². The number of carbonyl (C=O) groups is 1. The van der Waals surface area contributed by atoms with Crippen molar-refractivity contribution in [1.82, 2.24) is 14.7 Å². The molecule has 4 rings (SSSR count). The number of hydrogen-bond donors (Lipinski definition) is 4. The molecule has 2 aliphatic rings. The number of alkyl halides is 2. The lowest BCUT2D eigenvalue weighted by molar-refractivity contribution is 0.0816. The largest absolute Gasteiger partial charge is 0.486 e. The van der Waals surface area contributed by atoms with Crippen LogP contribution in [0.25, 0.3) is 0 Å². The van der Waals surface area contributed by atoms with Crippen LogP contribution in [0.4, 0.5) is 19.0 Å². The van der Waals surface area contributed by atoms with E-state index in [-0.39, 0.29) is 34.5 Å². The van der Waals surface area contributed by atoms with Gasteiger partial charge in [0, 0.05) is 12.3 Å². The molecule has 0 radical (unpaired) electrons. The lowest BCUT2D eigenvalue weighted by atomic mass is 9.96. The Morgan fingerprint density at radius 3 is 2.77 bits per heavy atom. The lowest BCUT2D eigenvalue weighted by Gasteiger charge is -2.52. The second-order valence-corrected chi connectivity index (χ2v) is 12.1. The number of carbonyl (C=O) groups excluding carboxylic acids is 1. The summed E-state index contributed by atoms with van der Waals surface area (Å²) in [5.74, 6) is -0.988. The fourth-order valence-corrected chi connectivity index (χ4v) is 7.76. The van der Waals surface area contributed by atoms with Gasteiger partial charge in [0.15, 0.2) is 0 Å². The summed E-state index contributed by atoms with van der Waals surface area (Å²) in [5.41, 5.74) is 4.85. The molecule has 4 heterocycles. The van der Waals surface area contributed by atoms with Gasteiger partial charge in [0.25, 0.3) is 12.3 Å². The molecule has 2 aromatic heterocycles. The summed E-state index contributed by atoms with van der Waals surface area (Å²) in [6.45, 7) is 3.21. The molecule has 2 atom stereocenters. The van der Waals surface area contributed by atoms with E-state index in [0.29, 0.717) is 13.0 Å². The normalized spacial score (nSPS) is 26.4. The SMILES string of the molecule is CC1(c2nc(NC(=O)c3ccc(OCC(F)F)cn3)ccc2F)C[SH]2(=O)NCCCC2(C)C(N)=N1. The van der Waals surface area contributed by atoms with E-state index in [1.807, 2.05) is 6.92 Å². The number of ether oxygens (including phenoxy) is 1. The number of anilines is 1. The average Bonchev–Trinajstić information content (AvgIpc) is 2.80. The minimum Gasteiger partial charge on any atom is -0.486 e. The van der Waals surface area contributed by atoms with Gasteiger partial charge >= 0.3 is 0 Å². The molecular weight excluding hydrogens is 485 g/mol. The third-order valence-electron chi connectivity index (χ3n) is 6.40. The highest BCUT2D eigenvalue weighted by molar-refractivity contribution is 8.03. The second kappa shape index (κ2) is 9.19. The molecule has 1 saturated heterocycles. The van der Waals surface area contributed by atoms with Gasteiger partial charge in [0.1, 0.15) is 46.8 Å². The van der Waals surface area contributed by atoms with Crippen molar-refractivity contribution in [3.8, 4) is 5.75 Å². The smallest absolute Gasteiger partial charge is 0.275 e. The Hall–Kier alpha value is -3.06. The number of thiol groups is 1. The molecular formula is C22H27F3N6O3S. The van der Waals surface area contributed by atoms with E-state index >= 15 is 0 Å². The first-order chi connectivity index (χ1) is 16.5. The summed E-state index contributed by atoms with van der Waals surface area (Å²) in [4.78, 5) is 25.3. The minimum atomic E-state index is -3.07. The van der Waals surface area contributed by atoms with Crippen molar-refractivity contribution < 1.29 is 26.9 Å². The Morgan fingerprint density at radius 2 is 2.09 bits per heavy atom. The maximum absolute atomic E-state index is 14.9. The van der Waals surface area contributed by atoms with Crippen LogP contribution in [0, 0.1) is 5.82 Å². The van der Waals surface area contributed by atoms with E-state index in [0.717, 1.165) is 18.7 Å². The number of amides is 1. The molecule has 0 spiro atoms. The van der Waals surface area contributed by atoms with Crippen LogP contribution >= 0.6 is 0 Å². The molecule has 2 aromatic rings. The Balaban J connectivity index is 1.58. The zero-order valence-corrected chi connectivity index (χ0v) is 20.1. The first-order valence-corrected chi connectivity index (χ1v) is 12.9. The number of rotatable bonds is 6. The van der Waals surface area contributed by atoms with Crippen molar-refractivity contribution in [3.05, 3.63) is 47.7 Å². The summed E-state index contributed by atoms with van der Waals surface area (Å²) >= 11 is 0. The van der Waals surface area contributed by atoms with Gasteiger partial charge in [-0.05, 0) is 61.1 Å². The van der Waals surface area contributed by atoms with E-state index in [2.05, 4.69) is 25.0 Å². The number of nitrogens with two attached hydrogens (primary N) is 1. The molecule has 2 unspecified atom stereocenters. The van der Waals surface area contributed by atoms with Crippen LogP contribution in [0.2, 0.25) is 0 Å². The van der Waals surface area contributed by atoms with E-state index in [1.165, 1.54) is 18.2 Å². The molecule has 2 aliphatic heterocycles. The van der Waals surface area contributed by atoms with Crippen LogP contribution in [0.15, 0.2) is 35.5 Å². The van der Waals surface area contributed by atoms with Crippen LogP contribution in [0.1, 0.15) is 42.9 Å². The molecule has 4 N–H and O–H groups in total. The van der Waals surface area contributed by atoms with Gasteiger partial charge in [0.05, 0.1) is 10.9 Å². The van der Waals surface area contributed by atoms with Crippen molar-refractivity contribution in [1.29, 1.82) is 0 Å². The van der Waals surface area contributed by atoms with Gasteiger partial charge in [-0.3, -0.25) is 18.7 Å². The number of fused-ring (bicyclic) bond motifs is 1. The van der Waals surface area contributed by atoms with E-state index in [9.17, 15) is 22.2 Å². The molecule has 0 aromatic carbocycles. The van der Waals surface area contributed by atoms with Gasteiger partial charge in [-0.25, -0.2) is 23.1 Å². The number of aliphatic imine (C=N–C) groups is 1. The fraction of sp³-hybridized carbons (Fsp3) is 0.455. The molecule has 0 saturated carbocycles. The van der Waals surface area contributed by atoms with Gasteiger partial charge in [-0.2, -0.15) is 0 Å².